The highest BCUT2D eigenvalue weighted by Crippen LogP contribution is 2.16. The lowest BCUT2D eigenvalue weighted by Gasteiger charge is -2.18. The summed E-state index contributed by atoms with van der Waals surface area (Å²) in [5.74, 6) is -0.874. The summed E-state index contributed by atoms with van der Waals surface area (Å²) in [4.78, 5) is 38.2. The minimum absolute atomic E-state index is 0.0752. The Hall–Kier alpha value is -2.37. The fourth-order valence-electron chi connectivity index (χ4n) is 8.60. The third kappa shape index (κ3) is 54.4. The van der Waals surface area contributed by atoms with E-state index in [0.29, 0.717) is 19.3 Å². The van der Waals surface area contributed by atoms with E-state index in [0.717, 1.165) is 64.2 Å². The highest BCUT2D eigenvalue weighted by atomic mass is 16.6. The summed E-state index contributed by atoms with van der Waals surface area (Å²) in [6, 6.07) is 0. The van der Waals surface area contributed by atoms with Crippen molar-refractivity contribution in [3.05, 3.63) is 36.5 Å². The van der Waals surface area contributed by atoms with Gasteiger partial charge < -0.3 is 14.2 Å². The van der Waals surface area contributed by atoms with Gasteiger partial charge in [-0.3, -0.25) is 14.4 Å². The molecule has 0 aliphatic carbocycles. The molecule has 0 aliphatic heterocycles. The van der Waals surface area contributed by atoms with E-state index in [1.165, 1.54) is 212 Å². The molecule has 0 radical (unpaired) electrons. The molecule has 0 N–H and O–H groups in total. The minimum Gasteiger partial charge on any atom is -0.462 e. The predicted molar refractivity (Wildman–Crippen MR) is 289 cm³/mol. The number of carbonyl (C=O) groups is 3. The van der Waals surface area contributed by atoms with Crippen LogP contribution in [-0.2, 0) is 28.6 Å². The largest absolute Gasteiger partial charge is 0.462 e. The molecule has 67 heavy (non-hydrogen) atoms. The van der Waals surface area contributed by atoms with Crippen LogP contribution in [0.5, 0.6) is 0 Å². The molecule has 0 aromatic carbocycles. The molecule has 6 nitrogen and oxygen atoms in total. The Kier molecular flexibility index (Phi) is 54.2. The van der Waals surface area contributed by atoms with Crippen LogP contribution in [0.25, 0.3) is 0 Å². The number of carbonyl (C=O) groups excluding carboxylic acids is 3. The van der Waals surface area contributed by atoms with Crippen molar-refractivity contribution in [2.24, 2.45) is 0 Å². The molecule has 0 spiro atoms. The molecule has 0 aromatic rings. The van der Waals surface area contributed by atoms with Crippen molar-refractivity contribution in [1.29, 1.82) is 0 Å². The van der Waals surface area contributed by atoms with Gasteiger partial charge in [0, 0.05) is 19.3 Å². The molecule has 0 bridgehead atoms. The average Bonchev–Trinajstić information content (AvgIpc) is 3.33. The van der Waals surface area contributed by atoms with Crippen LogP contribution in [0.4, 0.5) is 0 Å². The molecule has 0 aromatic heterocycles. The Balaban J connectivity index is 4.34. The van der Waals surface area contributed by atoms with Gasteiger partial charge in [0.2, 0.25) is 0 Å². The van der Waals surface area contributed by atoms with Gasteiger partial charge in [-0.25, -0.2) is 0 Å². The first-order chi connectivity index (χ1) is 33.0. The van der Waals surface area contributed by atoms with Crippen molar-refractivity contribution in [2.75, 3.05) is 13.2 Å². The van der Waals surface area contributed by atoms with Crippen LogP contribution < -0.4 is 0 Å². The van der Waals surface area contributed by atoms with Crippen LogP contribution in [0.15, 0.2) is 36.5 Å². The molecule has 0 fully saturated rings. The fourth-order valence-corrected chi connectivity index (χ4v) is 8.60. The highest BCUT2D eigenvalue weighted by molar-refractivity contribution is 5.71. The van der Waals surface area contributed by atoms with Gasteiger partial charge in [0.25, 0.3) is 0 Å². The Labute approximate surface area is 416 Å². The molecule has 0 saturated carbocycles. The Bertz CT molecular complexity index is 1130. The standard InChI is InChI=1S/C61H112O6/c1-4-7-10-13-16-19-22-25-28-29-30-31-34-36-39-42-45-48-51-54-60(63)66-57-58(67-61(64)55-52-49-46-43-40-37-33-27-24-21-18-15-12-9-6-3)56-65-59(62)53-50-47-44-41-38-35-32-26-23-20-17-14-11-8-5-2/h21,24-26,28,32,58H,4-20,22-23,27,29-31,33-57H2,1-3H3/b24-21-,28-25-,32-26-/t58-/m0/s1. The van der Waals surface area contributed by atoms with Crippen molar-refractivity contribution < 1.29 is 28.6 Å². The van der Waals surface area contributed by atoms with Gasteiger partial charge in [0.1, 0.15) is 13.2 Å². The van der Waals surface area contributed by atoms with Crippen molar-refractivity contribution in [2.45, 2.75) is 322 Å². The monoisotopic (exact) mass is 941 g/mol. The predicted octanol–water partition coefficient (Wildman–Crippen LogP) is 19.7. The first kappa shape index (κ1) is 64.6. The number of hydrogen-bond donors (Lipinski definition) is 0. The van der Waals surface area contributed by atoms with Gasteiger partial charge in [0.05, 0.1) is 0 Å². The molecule has 0 amide bonds. The quantitative estimate of drug-likeness (QED) is 0.0262. The molecular weight excluding hydrogens is 829 g/mol. The number of esters is 3. The topological polar surface area (TPSA) is 78.9 Å². The molecule has 6 heteroatoms. The molecule has 0 rings (SSSR count). The van der Waals surface area contributed by atoms with Gasteiger partial charge >= 0.3 is 17.9 Å². The minimum atomic E-state index is -0.777. The number of allylic oxidation sites excluding steroid dienone is 6. The second kappa shape index (κ2) is 56.2. The molecule has 392 valence electrons. The summed E-state index contributed by atoms with van der Waals surface area (Å²) < 4.78 is 16.9. The van der Waals surface area contributed by atoms with Crippen LogP contribution in [-0.4, -0.2) is 37.2 Å². The second-order valence-corrected chi connectivity index (χ2v) is 19.9. The molecule has 0 heterocycles. The van der Waals surface area contributed by atoms with Crippen molar-refractivity contribution >= 4 is 17.9 Å². The maximum atomic E-state index is 12.8. The van der Waals surface area contributed by atoms with E-state index >= 15 is 0 Å². The number of rotatable bonds is 54. The normalized spacial score (nSPS) is 12.2. The van der Waals surface area contributed by atoms with Gasteiger partial charge in [0.15, 0.2) is 6.10 Å². The Morgan fingerprint density at radius 3 is 0.761 bits per heavy atom. The lowest BCUT2D eigenvalue weighted by atomic mass is 10.1. The number of hydrogen-bond acceptors (Lipinski definition) is 6. The summed E-state index contributed by atoms with van der Waals surface area (Å²) in [6.45, 7) is 6.64. The maximum absolute atomic E-state index is 12.8. The van der Waals surface area contributed by atoms with Crippen LogP contribution in [0.3, 0.4) is 0 Å². The van der Waals surface area contributed by atoms with E-state index in [1.807, 2.05) is 0 Å². The zero-order valence-electron chi connectivity index (χ0n) is 44.9. The third-order valence-corrected chi connectivity index (χ3v) is 13.1. The molecule has 1 atom stereocenters. The lowest BCUT2D eigenvalue weighted by Crippen LogP contribution is -2.30. The summed E-state index contributed by atoms with van der Waals surface area (Å²) >= 11 is 0. The summed E-state index contributed by atoms with van der Waals surface area (Å²) in [7, 11) is 0. The molecule has 0 aliphatic rings. The second-order valence-electron chi connectivity index (χ2n) is 19.9. The number of unbranched alkanes of at least 4 members (excludes halogenated alkanes) is 37. The third-order valence-electron chi connectivity index (χ3n) is 13.1. The van der Waals surface area contributed by atoms with E-state index in [1.54, 1.807) is 0 Å². The van der Waals surface area contributed by atoms with E-state index in [2.05, 4.69) is 57.2 Å². The summed E-state index contributed by atoms with van der Waals surface area (Å²) in [5.41, 5.74) is 0. The van der Waals surface area contributed by atoms with Crippen molar-refractivity contribution in [3.8, 4) is 0 Å². The Morgan fingerprint density at radius 2 is 0.493 bits per heavy atom. The SMILES string of the molecule is CCCCCC/C=C\CCCCCCCCCC(=O)O[C@@H](COC(=O)CCCCCCC/C=C\CCCCCCCC)COC(=O)CCCCCCCCCCC/C=C\CCCCCCCC. The zero-order valence-corrected chi connectivity index (χ0v) is 44.9. The molecular formula is C61H112O6. The van der Waals surface area contributed by atoms with Crippen LogP contribution >= 0.6 is 0 Å². The molecule has 0 unspecified atom stereocenters. The van der Waals surface area contributed by atoms with E-state index in [9.17, 15) is 14.4 Å². The first-order valence-electron chi connectivity index (χ1n) is 29.5. The van der Waals surface area contributed by atoms with Crippen LogP contribution in [0.2, 0.25) is 0 Å². The van der Waals surface area contributed by atoms with E-state index < -0.39 is 6.10 Å². The maximum Gasteiger partial charge on any atom is 0.306 e. The van der Waals surface area contributed by atoms with Crippen molar-refractivity contribution in [3.63, 3.8) is 0 Å². The fraction of sp³-hybridized carbons (Fsp3) is 0.852. The molecule has 0 saturated heterocycles. The lowest BCUT2D eigenvalue weighted by molar-refractivity contribution is -0.167. The average molecular weight is 942 g/mol. The van der Waals surface area contributed by atoms with Gasteiger partial charge in [-0.05, 0) is 96.3 Å². The van der Waals surface area contributed by atoms with Gasteiger partial charge in [-0.15, -0.1) is 0 Å². The summed E-state index contributed by atoms with van der Waals surface area (Å²) in [5, 5.41) is 0. The first-order valence-corrected chi connectivity index (χ1v) is 29.5. The van der Waals surface area contributed by atoms with Crippen LogP contribution in [0.1, 0.15) is 316 Å². The van der Waals surface area contributed by atoms with E-state index in [4.69, 9.17) is 14.2 Å². The smallest absolute Gasteiger partial charge is 0.306 e. The number of ether oxygens (including phenoxy) is 3. The van der Waals surface area contributed by atoms with Gasteiger partial charge in [-0.1, -0.05) is 237 Å². The van der Waals surface area contributed by atoms with E-state index in [-0.39, 0.29) is 31.1 Å². The Morgan fingerprint density at radius 1 is 0.284 bits per heavy atom. The van der Waals surface area contributed by atoms with Crippen molar-refractivity contribution in [1.82, 2.24) is 0 Å². The van der Waals surface area contributed by atoms with Crippen LogP contribution in [0, 0.1) is 0 Å². The highest BCUT2D eigenvalue weighted by Gasteiger charge is 2.19. The summed E-state index contributed by atoms with van der Waals surface area (Å²) in [6.07, 6.45) is 67.0. The van der Waals surface area contributed by atoms with Gasteiger partial charge in [-0.2, -0.15) is 0 Å². The zero-order chi connectivity index (χ0) is 48.6.